The minimum absolute atomic E-state index is 0.00942. The summed E-state index contributed by atoms with van der Waals surface area (Å²) in [5, 5.41) is 25.1. The van der Waals surface area contributed by atoms with Crippen LogP contribution in [0.15, 0.2) is 59.5 Å². The summed E-state index contributed by atoms with van der Waals surface area (Å²) in [5.41, 5.74) is -3.03. The number of carbonyl (C=O) groups is 1. The Morgan fingerprint density at radius 1 is 1.02 bits per heavy atom. The van der Waals surface area contributed by atoms with Gasteiger partial charge < -0.3 is 24.4 Å². The van der Waals surface area contributed by atoms with Crippen molar-refractivity contribution < 1.29 is 37.6 Å². The average Bonchev–Trinajstić information content (AvgIpc) is 3.41. The molecule has 0 amide bonds. The van der Waals surface area contributed by atoms with Crippen LogP contribution in [0.1, 0.15) is 70.7 Å². The average molecular weight is 644 g/mol. The second-order valence-corrected chi connectivity index (χ2v) is 15.7. The van der Waals surface area contributed by atoms with E-state index in [1.807, 2.05) is 13.8 Å². The Morgan fingerprint density at radius 2 is 1.67 bits per heavy atom. The molecule has 5 rings (SSSR count). The maximum absolute atomic E-state index is 13.6. The molecule has 2 aromatic carbocycles. The minimum Gasteiger partial charge on any atom is -0.459 e. The summed E-state index contributed by atoms with van der Waals surface area (Å²) >= 11 is 0. The summed E-state index contributed by atoms with van der Waals surface area (Å²) < 4.78 is 46.5. The first-order valence-corrected chi connectivity index (χ1v) is 17.5. The molecule has 248 valence electrons. The topological polar surface area (TPSA) is 131 Å². The lowest BCUT2D eigenvalue weighted by Crippen LogP contribution is -2.71. The van der Waals surface area contributed by atoms with Gasteiger partial charge in [-0.25, -0.2) is 13.2 Å². The summed E-state index contributed by atoms with van der Waals surface area (Å²) in [6.07, 6.45) is 0.946. The normalized spacial score (nSPS) is 36.4. The summed E-state index contributed by atoms with van der Waals surface area (Å²) in [6, 6.07) is 14.4. The number of carbonyl (C=O) groups excluding carboxylic acids is 1. The van der Waals surface area contributed by atoms with Crippen LogP contribution in [0, 0.1) is 35.0 Å². The van der Waals surface area contributed by atoms with Crippen LogP contribution in [0.4, 0.5) is 5.69 Å². The highest BCUT2D eigenvalue weighted by molar-refractivity contribution is 7.92. The van der Waals surface area contributed by atoms with Gasteiger partial charge in [-0.2, -0.15) is 0 Å². The summed E-state index contributed by atoms with van der Waals surface area (Å²) in [7, 11) is -0.677. The monoisotopic (exact) mass is 643 g/mol. The highest BCUT2D eigenvalue weighted by Crippen LogP contribution is 2.65. The van der Waals surface area contributed by atoms with Crippen molar-refractivity contribution in [2.75, 3.05) is 18.9 Å². The molecule has 2 aromatic rings. The Hall–Kier alpha value is -2.50. The van der Waals surface area contributed by atoms with Gasteiger partial charge >= 0.3 is 5.97 Å². The number of benzene rings is 2. The van der Waals surface area contributed by atoms with Gasteiger partial charge in [-0.15, -0.1) is 0 Å². The van der Waals surface area contributed by atoms with Crippen molar-refractivity contribution in [3.05, 3.63) is 60.2 Å². The van der Waals surface area contributed by atoms with E-state index in [1.54, 1.807) is 50.6 Å². The summed E-state index contributed by atoms with van der Waals surface area (Å²) in [5.74, 6) is -1.26. The van der Waals surface area contributed by atoms with Crippen LogP contribution in [-0.4, -0.2) is 68.3 Å². The van der Waals surface area contributed by atoms with E-state index in [9.17, 15) is 23.4 Å². The highest BCUT2D eigenvalue weighted by Gasteiger charge is 2.73. The molecule has 0 heterocycles. The molecule has 4 unspecified atom stereocenters. The van der Waals surface area contributed by atoms with Crippen molar-refractivity contribution >= 4 is 21.7 Å². The lowest BCUT2D eigenvalue weighted by Gasteiger charge is -2.56. The molecule has 2 bridgehead atoms. The standard InChI is InChI=1S/C35H49NO8S/c1-8-26-28(34(38)20-30(42-6)25-18-21(2)35(34,39)31(25)43-7)19-27(33(26,4)5)22(3)44-32(37)24-16-12-13-17-29(24)36-45(40,41)23-14-10-9-11-15-23/h9-17,21-22,25-28,30-31,36,38-39H,8,18-20H2,1-7H3/t21?,22-,25?,26+,27?,28?,30-,31-,34-,35-/m0/s1. The van der Waals surface area contributed by atoms with Crippen LogP contribution in [-0.2, 0) is 24.2 Å². The summed E-state index contributed by atoms with van der Waals surface area (Å²) in [6.45, 7) is 10.3. The first-order chi connectivity index (χ1) is 21.2. The van der Waals surface area contributed by atoms with E-state index < -0.39 is 39.4 Å². The zero-order valence-electron chi connectivity index (χ0n) is 27.4. The van der Waals surface area contributed by atoms with E-state index in [0.717, 1.165) is 6.42 Å². The van der Waals surface area contributed by atoms with Gasteiger partial charge in [-0.05, 0) is 67.2 Å². The first kappa shape index (κ1) is 33.9. The van der Waals surface area contributed by atoms with Crippen molar-refractivity contribution in [2.45, 2.75) is 94.7 Å². The van der Waals surface area contributed by atoms with Gasteiger partial charge in [0.1, 0.15) is 17.3 Å². The van der Waals surface area contributed by atoms with Gasteiger partial charge in [0.05, 0.1) is 28.4 Å². The molecular weight excluding hydrogens is 594 g/mol. The van der Waals surface area contributed by atoms with Crippen LogP contribution in [0.2, 0.25) is 0 Å². The lowest BCUT2D eigenvalue weighted by molar-refractivity contribution is -0.279. The third-order valence-corrected chi connectivity index (χ3v) is 13.1. The molecular formula is C35H49NO8S. The number of para-hydroxylation sites is 1. The molecule has 3 aliphatic carbocycles. The quantitative estimate of drug-likeness (QED) is 0.299. The van der Waals surface area contributed by atoms with Crippen LogP contribution in [0.25, 0.3) is 0 Å². The molecule has 0 radical (unpaired) electrons. The Bertz CT molecular complexity index is 1480. The van der Waals surface area contributed by atoms with Crippen molar-refractivity contribution in [3.8, 4) is 0 Å². The Balaban J connectivity index is 1.41. The van der Waals surface area contributed by atoms with Crippen LogP contribution >= 0.6 is 0 Å². The van der Waals surface area contributed by atoms with Gasteiger partial charge in [-0.3, -0.25) is 4.72 Å². The first-order valence-electron chi connectivity index (χ1n) is 16.1. The zero-order valence-corrected chi connectivity index (χ0v) is 28.2. The van der Waals surface area contributed by atoms with Crippen molar-refractivity contribution in [1.29, 1.82) is 0 Å². The molecule has 0 saturated heterocycles. The van der Waals surface area contributed by atoms with Gasteiger partial charge in [0.2, 0.25) is 0 Å². The molecule has 3 aliphatic rings. The molecule has 0 aromatic heterocycles. The molecule has 3 fully saturated rings. The van der Waals surface area contributed by atoms with Crippen LogP contribution in [0.5, 0.6) is 0 Å². The number of fused-ring (bicyclic) bond motifs is 2. The number of ether oxygens (including phenoxy) is 3. The van der Waals surface area contributed by atoms with E-state index in [4.69, 9.17) is 14.2 Å². The number of aliphatic hydroxyl groups is 2. The number of hydrogen-bond donors (Lipinski definition) is 3. The zero-order chi connectivity index (χ0) is 32.9. The Labute approximate surface area is 267 Å². The number of methoxy groups -OCH3 is 2. The summed E-state index contributed by atoms with van der Waals surface area (Å²) in [4.78, 5) is 13.7. The van der Waals surface area contributed by atoms with E-state index in [2.05, 4.69) is 25.5 Å². The number of rotatable bonds is 10. The number of hydrogen-bond acceptors (Lipinski definition) is 8. The maximum Gasteiger partial charge on any atom is 0.340 e. The van der Waals surface area contributed by atoms with Crippen molar-refractivity contribution in [1.82, 2.24) is 0 Å². The minimum atomic E-state index is -3.93. The van der Waals surface area contributed by atoms with Gasteiger partial charge in [-0.1, -0.05) is 64.4 Å². The number of anilines is 1. The predicted octanol–water partition coefficient (Wildman–Crippen LogP) is 5.27. The SMILES string of the molecule is CC[C@@H]1C([C@@]2(O)C[C@H](OC)C3CC(C)[C@]2(O)[C@H]3OC)CC([C@H](C)OC(=O)c2ccccc2NS(=O)(=O)c2ccccc2)C1(C)C. The Kier molecular flexibility index (Phi) is 9.23. The van der Waals surface area contributed by atoms with Gasteiger partial charge in [0.25, 0.3) is 10.0 Å². The van der Waals surface area contributed by atoms with E-state index in [0.29, 0.717) is 19.3 Å². The fraction of sp³-hybridized carbons (Fsp3) is 0.629. The predicted molar refractivity (Wildman–Crippen MR) is 171 cm³/mol. The molecule has 0 spiro atoms. The fourth-order valence-electron chi connectivity index (χ4n) is 9.56. The third-order valence-electron chi connectivity index (χ3n) is 11.7. The van der Waals surface area contributed by atoms with Gasteiger partial charge in [0.15, 0.2) is 0 Å². The maximum atomic E-state index is 13.6. The second kappa shape index (κ2) is 12.3. The molecule has 3 N–H and O–H groups in total. The molecule has 10 heteroatoms. The highest BCUT2D eigenvalue weighted by atomic mass is 32.2. The number of esters is 1. The van der Waals surface area contributed by atoms with Gasteiger partial charge in [0, 0.05) is 32.5 Å². The third kappa shape index (κ3) is 5.40. The largest absolute Gasteiger partial charge is 0.459 e. The lowest BCUT2D eigenvalue weighted by atomic mass is 9.58. The smallest absolute Gasteiger partial charge is 0.340 e. The molecule has 9 nitrogen and oxygen atoms in total. The number of nitrogens with one attached hydrogen (secondary N) is 1. The second-order valence-electron chi connectivity index (χ2n) is 14.0. The van der Waals surface area contributed by atoms with E-state index in [1.165, 1.54) is 18.2 Å². The Morgan fingerprint density at radius 3 is 2.29 bits per heavy atom. The fourth-order valence-corrected chi connectivity index (χ4v) is 10.7. The van der Waals surface area contributed by atoms with Crippen molar-refractivity contribution in [3.63, 3.8) is 0 Å². The molecule has 0 aliphatic heterocycles. The van der Waals surface area contributed by atoms with Crippen LogP contribution in [0.3, 0.4) is 0 Å². The van der Waals surface area contributed by atoms with Crippen molar-refractivity contribution in [2.24, 2.45) is 35.0 Å². The molecule has 3 saturated carbocycles. The van der Waals surface area contributed by atoms with E-state index in [-0.39, 0.29) is 57.3 Å². The van der Waals surface area contributed by atoms with E-state index >= 15 is 0 Å². The van der Waals surface area contributed by atoms with Crippen LogP contribution < -0.4 is 4.72 Å². The molecule has 45 heavy (non-hydrogen) atoms. The molecule has 10 atom stereocenters. The number of sulfonamides is 1.